The van der Waals surface area contributed by atoms with Gasteiger partial charge in [-0.2, -0.15) is 0 Å². The number of benzene rings is 6. The van der Waals surface area contributed by atoms with Gasteiger partial charge in [-0.15, -0.1) is 0 Å². The van der Waals surface area contributed by atoms with Gasteiger partial charge in [0.25, 0.3) is 5.91 Å². The second kappa shape index (κ2) is 40.8. The first-order chi connectivity index (χ1) is 60.7. The summed E-state index contributed by atoms with van der Waals surface area (Å²) >= 11 is 0. The van der Waals surface area contributed by atoms with Crippen molar-refractivity contribution < 1.29 is 90.3 Å². The minimum atomic E-state index is -1.58. The first-order valence-corrected chi connectivity index (χ1v) is 44.9. The van der Waals surface area contributed by atoms with Crippen LogP contribution in [-0.2, 0) is 99.1 Å². The Morgan fingerprint density at radius 2 is 0.961 bits per heavy atom. The van der Waals surface area contributed by atoms with Crippen LogP contribution in [-0.4, -0.2) is 209 Å². The summed E-state index contributed by atoms with van der Waals surface area (Å²) < 4.78 is 101. The first-order valence-electron chi connectivity index (χ1n) is 44.9. The van der Waals surface area contributed by atoms with E-state index in [2.05, 4.69) is 20.3 Å². The molecule has 2 aromatic heterocycles. The zero-order valence-electron chi connectivity index (χ0n) is 75.8. The van der Waals surface area contributed by atoms with Gasteiger partial charge in [0.05, 0.1) is 38.2 Å². The highest BCUT2D eigenvalue weighted by Crippen LogP contribution is 2.50. The molecule has 28 heteroatoms. The third kappa shape index (κ3) is 24.5. The lowest BCUT2D eigenvalue weighted by Gasteiger charge is -2.53. The quantitative estimate of drug-likeness (QED) is 0.0312. The van der Waals surface area contributed by atoms with Crippen LogP contribution in [0.5, 0.6) is 0 Å². The van der Waals surface area contributed by atoms with E-state index in [1.165, 1.54) is 6.33 Å². The fourth-order valence-corrected chi connectivity index (χ4v) is 17.6. The molecule has 28 nitrogen and oxygen atoms in total. The zero-order chi connectivity index (χ0) is 89.8. The molecule has 1 N–H and O–H groups in total. The van der Waals surface area contributed by atoms with Gasteiger partial charge in [0.1, 0.15) is 89.7 Å². The maximum atomic E-state index is 16.3. The normalized spacial score (nSPS) is 24.4. The number of fused-ring (bicyclic) bond motifs is 3. The number of carbonyl (C=O) groups excluding carboxylic acids is 5. The molecule has 6 aliphatic rings. The maximum Gasteiger partial charge on any atom is 0.411 e. The smallest absolute Gasteiger partial charge is 0.411 e. The molecule has 1 spiro atoms. The molecule has 0 radical (unpaired) electrons. The van der Waals surface area contributed by atoms with Crippen molar-refractivity contribution in [1.82, 2.24) is 39.1 Å². The maximum absolute atomic E-state index is 16.3. The van der Waals surface area contributed by atoms with Crippen molar-refractivity contribution in [3.8, 4) is 0 Å². The number of nitrogens with one attached hydrogen (secondary N) is 1. The largest absolute Gasteiger partial charge is 0.444 e. The van der Waals surface area contributed by atoms with E-state index in [1.54, 1.807) is 54.8 Å². The summed E-state index contributed by atoms with van der Waals surface area (Å²) in [6.45, 7) is 26.2. The van der Waals surface area contributed by atoms with Crippen LogP contribution >= 0.6 is 0 Å². The molecule has 14 rings (SSSR count). The Morgan fingerprint density at radius 1 is 0.472 bits per heavy atom. The number of hydrogen-bond donors (Lipinski definition) is 1. The van der Waals surface area contributed by atoms with Crippen LogP contribution in [0.25, 0.3) is 11.2 Å². The van der Waals surface area contributed by atoms with Crippen LogP contribution in [0.4, 0.5) is 25.0 Å². The third-order valence-corrected chi connectivity index (χ3v) is 23.1. The second-order valence-corrected chi connectivity index (χ2v) is 38.4. The summed E-state index contributed by atoms with van der Waals surface area (Å²) in [5, 5.41) is 2.89. The molecular weight excluding hydrogens is 1620 g/mol. The van der Waals surface area contributed by atoms with E-state index in [-0.39, 0.29) is 70.7 Å². The van der Waals surface area contributed by atoms with E-state index in [0.717, 1.165) is 47.1 Å². The molecule has 4 aliphatic heterocycles. The number of hydrogen-bond acceptors (Lipinski definition) is 22. The summed E-state index contributed by atoms with van der Waals surface area (Å²) in [5.41, 5.74) is 1.24. The summed E-state index contributed by atoms with van der Waals surface area (Å²) in [4.78, 5) is 97.0. The highest BCUT2D eigenvalue weighted by molar-refractivity contribution is 6.06. The summed E-state index contributed by atoms with van der Waals surface area (Å²) in [6.07, 6.45) is -4.30. The van der Waals surface area contributed by atoms with E-state index >= 15 is 19.2 Å². The van der Waals surface area contributed by atoms with Crippen LogP contribution in [0.2, 0.25) is 0 Å². The van der Waals surface area contributed by atoms with E-state index in [0.29, 0.717) is 61.9 Å². The number of amides is 5. The van der Waals surface area contributed by atoms with Crippen molar-refractivity contribution >= 4 is 47.3 Å². The van der Waals surface area contributed by atoms with Crippen molar-refractivity contribution in [3.05, 3.63) is 228 Å². The van der Waals surface area contributed by atoms with Crippen LogP contribution in [0.1, 0.15) is 206 Å². The molecule has 2 saturated carbocycles. The van der Waals surface area contributed by atoms with Crippen LogP contribution in [0.3, 0.4) is 0 Å². The lowest BCUT2D eigenvalue weighted by atomic mass is 9.81. The monoisotopic (exact) mass is 1750 g/mol. The first kappa shape index (κ1) is 93.2. The lowest BCUT2D eigenvalue weighted by Crippen LogP contribution is -2.71. The highest BCUT2D eigenvalue weighted by atomic mass is 16.8. The van der Waals surface area contributed by atoms with E-state index in [9.17, 15) is 4.79 Å². The van der Waals surface area contributed by atoms with Gasteiger partial charge >= 0.3 is 24.4 Å². The van der Waals surface area contributed by atoms with E-state index < -0.39 is 144 Å². The Morgan fingerprint density at radius 3 is 1.52 bits per heavy atom. The van der Waals surface area contributed by atoms with Crippen molar-refractivity contribution in [3.63, 3.8) is 0 Å². The number of imidazole rings is 1. The number of unbranched alkanes of at least 4 members (excludes halogenated alkanes) is 3. The van der Waals surface area contributed by atoms with Gasteiger partial charge in [-0.1, -0.05) is 189 Å². The number of rotatable bonds is 31. The third-order valence-electron chi connectivity index (χ3n) is 23.1. The predicted octanol–water partition coefficient (Wildman–Crippen LogP) is 17.9. The number of carbonyl (C=O) groups is 5. The zero-order valence-corrected chi connectivity index (χ0v) is 75.8. The van der Waals surface area contributed by atoms with Crippen LogP contribution in [0.15, 0.2) is 195 Å². The Balaban J connectivity index is 0.840. The number of ether oxygens (including phenoxy) is 14. The molecule has 127 heavy (non-hydrogen) atoms. The average molecular weight is 1750 g/mol. The van der Waals surface area contributed by atoms with Gasteiger partial charge in [0.15, 0.2) is 41.1 Å². The standard InChI is InChI=1S/C99H127N9O19/c1-94(2,3)124-90(110)104(57-66-40-24-17-25-41-66)61-74-80(116-62-70-48-32-21-33-49-70)82(115-55-39-16-15-38-54-114-63-75-81-84(121-98(13,14)120-81)88(117-75)108-65-102-76-85(100-64-101-86(76)108)103-87(109)71-50-34-22-35-51-71)77(107(93(113)127-97(10,11)12)60-69-46-30-20-31-47-69)89(118-74)119-78-72(105(91(111)125-95(4,5)6)58-67-42-26-18-27-43-67)56-73(79-83(78)123-99(122-79)52-36-23-37-53-99)106(92(112)126-96(7,8)9)59-68-44-28-19-29-45-68/h17-22,24-35,40-51,64-65,72-75,77-84,88-89H,15-16,23,36-39,52-63H2,1-14H3,(H,100,101,103,109)/t72-,73+,74-,75-,77-,78+,79-,80-,81-,82-,83-,84-,88-,89-/m1/s1. The fraction of sp³-hybridized carbons (Fsp3) is 0.535. The molecule has 14 atom stereocenters. The minimum Gasteiger partial charge on any atom is -0.444 e. The van der Waals surface area contributed by atoms with Crippen molar-refractivity contribution in [2.45, 2.75) is 313 Å². The Hall–Kier alpha value is -9.98. The predicted molar refractivity (Wildman–Crippen MR) is 474 cm³/mol. The fourth-order valence-electron chi connectivity index (χ4n) is 17.6. The summed E-state index contributed by atoms with van der Waals surface area (Å²) in [6, 6.07) is 54.0. The molecule has 5 amide bonds. The highest BCUT2D eigenvalue weighted by Gasteiger charge is 2.64. The molecule has 6 fully saturated rings. The summed E-state index contributed by atoms with van der Waals surface area (Å²) in [7, 11) is 0. The van der Waals surface area contributed by atoms with Gasteiger partial charge in [-0.05, 0) is 169 Å². The van der Waals surface area contributed by atoms with Gasteiger partial charge in [-0.25, -0.2) is 34.1 Å². The minimum absolute atomic E-state index is 0.00303. The lowest BCUT2D eigenvalue weighted by molar-refractivity contribution is -0.321. The van der Waals surface area contributed by atoms with Crippen molar-refractivity contribution in [2.24, 2.45) is 0 Å². The molecule has 0 bridgehead atoms. The Kier molecular flexibility index (Phi) is 29.9. The molecule has 8 aromatic rings. The van der Waals surface area contributed by atoms with Gasteiger partial charge < -0.3 is 76.5 Å². The topological polar surface area (TPSA) is 283 Å². The SMILES string of the molecule is CC(C)(C)OC(=O)N(Cc1ccccc1)C[C@H]1O[C@H](O[C@@H]2[C@H]3OC4(CCCCC4)O[C@@H]3[C@@H](N(Cc3ccccc3)C(=O)OC(C)(C)C)C[C@H]2N(Cc2ccccc2)C(=O)OC(C)(C)C)[C@H](N(Cc2ccccc2)C(=O)OC(C)(C)C)[C@@H](OCCCCCCOC[C@H]2O[C@@H](n3cnc4c(NC(=O)c5ccccc5)ncnc43)[C@@H]3OC(C)(C)O[C@@H]32)[C@@H]1OCc1ccccc1. The summed E-state index contributed by atoms with van der Waals surface area (Å²) in [5.74, 6) is -2.22. The van der Waals surface area contributed by atoms with Gasteiger partial charge in [0.2, 0.25) is 0 Å². The molecule has 4 saturated heterocycles. The average Bonchev–Trinajstić information content (AvgIpc) is 1.61. The van der Waals surface area contributed by atoms with E-state index in [1.807, 2.05) is 255 Å². The van der Waals surface area contributed by atoms with Crippen molar-refractivity contribution in [1.29, 1.82) is 0 Å². The number of anilines is 1. The molecule has 682 valence electrons. The molecule has 6 heterocycles. The Bertz CT molecular complexity index is 4890. The van der Waals surface area contributed by atoms with Crippen LogP contribution in [0, 0.1) is 0 Å². The Labute approximate surface area is 746 Å². The van der Waals surface area contributed by atoms with Gasteiger partial charge in [0, 0.05) is 57.8 Å². The molecular formula is C99H127N9O19. The van der Waals surface area contributed by atoms with E-state index in [4.69, 9.17) is 66.3 Å². The second-order valence-electron chi connectivity index (χ2n) is 38.4. The molecule has 0 unspecified atom stereocenters. The number of aromatic nitrogens is 4. The number of nitrogens with zero attached hydrogens (tertiary/aromatic N) is 8. The van der Waals surface area contributed by atoms with Crippen molar-refractivity contribution in [2.75, 3.05) is 31.7 Å². The molecule has 2 aliphatic carbocycles. The van der Waals surface area contributed by atoms with Crippen LogP contribution < -0.4 is 5.32 Å². The molecule has 6 aromatic carbocycles. The van der Waals surface area contributed by atoms with Gasteiger partial charge in [-0.3, -0.25) is 24.1 Å².